The molecule has 1 N–H and O–H groups in total. The largest absolute Gasteiger partial charge is 0.377 e. The molecule has 0 aromatic heterocycles. The van der Waals surface area contributed by atoms with Gasteiger partial charge >= 0.3 is 0 Å². The zero-order chi connectivity index (χ0) is 14.5. The highest BCUT2D eigenvalue weighted by atomic mass is 16.5. The Morgan fingerprint density at radius 1 is 1.37 bits per heavy atom. The third kappa shape index (κ3) is 5.41. The Bertz CT molecular complexity index is 253. The number of likely N-dealkylation sites (N-methyl/N-ethyl adjacent to an activating group) is 1. The van der Waals surface area contributed by atoms with Gasteiger partial charge in [0.2, 0.25) is 0 Å². The van der Waals surface area contributed by atoms with E-state index in [4.69, 9.17) is 4.74 Å². The van der Waals surface area contributed by atoms with Gasteiger partial charge in [0, 0.05) is 19.1 Å². The van der Waals surface area contributed by atoms with Crippen LogP contribution >= 0.6 is 0 Å². The van der Waals surface area contributed by atoms with E-state index in [1.165, 1.54) is 19.4 Å². The minimum atomic E-state index is 0.341. The first kappa shape index (κ1) is 16.9. The zero-order valence-corrected chi connectivity index (χ0v) is 13.8. The minimum Gasteiger partial charge on any atom is -0.377 e. The molecular weight excluding hydrogens is 236 g/mol. The van der Waals surface area contributed by atoms with Gasteiger partial charge in [-0.1, -0.05) is 20.8 Å². The predicted octanol–water partition coefficient (Wildman–Crippen LogP) is 2.76. The van der Waals surface area contributed by atoms with Crippen LogP contribution < -0.4 is 5.32 Å². The van der Waals surface area contributed by atoms with Gasteiger partial charge in [0.05, 0.1) is 12.7 Å². The van der Waals surface area contributed by atoms with Gasteiger partial charge in [-0.3, -0.25) is 0 Å². The van der Waals surface area contributed by atoms with Crippen LogP contribution in [0.1, 0.15) is 47.5 Å². The van der Waals surface area contributed by atoms with Gasteiger partial charge in [-0.2, -0.15) is 0 Å². The Morgan fingerprint density at radius 3 is 2.63 bits per heavy atom. The molecule has 1 rings (SSSR count). The lowest BCUT2D eigenvalue weighted by atomic mass is 9.84. The van der Waals surface area contributed by atoms with Gasteiger partial charge in [0.1, 0.15) is 0 Å². The number of hydrogen-bond acceptors (Lipinski definition) is 3. The first-order chi connectivity index (χ1) is 8.86. The summed E-state index contributed by atoms with van der Waals surface area (Å²) in [7, 11) is 2.22. The van der Waals surface area contributed by atoms with Crippen molar-refractivity contribution in [2.45, 2.75) is 59.6 Å². The van der Waals surface area contributed by atoms with Crippen LogP contribution in [0, 0.1) is 11.3 Å². The van der Waals surface area contributed by atoms with E-state index in [2.05, 4.69) is 51.9 Å². The summed E-state index contributed by atoms with van der Waals surface area (Å²) in [6, 6.07) is 0.658. The summed E-state index contributed by atoms with van der Waals surface area (Å²) in [5.41, 5.74) is 0.440. The van der Waals surface area contributed by atoms with Crippen molar-refractivity contribution in [2.24, 2.45) is 11.3 Å². The molecule has 1 saturated carbocycles. The lowest BCUT2D eigenvalue weighted by Crippen LogP contribution is -2.45. The average molecular weight is 270 g/mol. The van der Waals surface area contributed by atoms with Crippen LogP contribution in [0.25, 0.3) is 0 Å². The van der Waals surface area contributed by atoms with Crippen molar-refractivity contribution in [3.63, 3.8) is 0 Å². The Balaban J connectivity index is 2.38. The quantitative estimate of drug-likeness (QED) is 0.734. The summed E-state index contributed by atoms with van der Waals surface area (Å²) < 4.78 is 5.63. The number of nitrogens with one attached hydrogen (secondary N) is 1. The third-order valence-electron chi connectivity index (χ3n) is 4.37. The predicted molar refractivity (Wildman–Crippen MR) is 82.6 cm³/mol. The van der Waals surface area contributed by atoms with Crippen LogP contribution in [-0.4, -0.2) is 50.3 Å². The maximum atomic E-state index is 5.63. The van der Waals surface area contributed by atoms with Gasteiger partial charge in [0.15, 0.2) is 0 Å². The molecule has 2 unspecified atom stereocenters. The fourth-order valence-electron chi connectivity index (χ4n) is 3.31. The summed E-state index contributed by atoms with van der Waals surface area (Å²) in [4.78, 5) is 2.43. The van der Waals surface area contributed by atoms with E-state index < -0.39 is 0 Å². The van der Waals surface area contributed by atoms with Gasteiger partial charge in [0.25, 0.3) is 0 Å². The van der Waals surface area contributed by atoms with Crippen LogP contribution in [0.2, 0.25) is 0 Å². The van der Waals surface area contributed by atoms with Gasteiger partial charge in [-0.15, -0.1) is 0 Å². The van der Waals surface area contributed by atoms with Crippen molar-refractivity contribution in [1.29, 1.82) is 0 Å². The summed E-state index contributed by atoms with van der Waals surface area (Å²) >= 11 is 0. The molecule has 1 aliphatic carbocycles. The fraction of sp³-hybridized carbons (Fsp3) is 1.00. The second-order valence-electron chi connectivity index (χ2n) is 7.00. The molecule has 0 aromatic rings. The van der Waals surface area contributed by atoms with Crippen molar-refractivity contribution in [3.8, 4) is 0 Å². The van der Waals surface area contributed by atoms with E-state index in [9.17, 15) is 0 Å². The van der Waals surface area contributed by atoms with Gasteiger partial charge in [-0.05, 0) is 51.6 Å². The Hall–Kier alpha value is -0.120. The molecule has 2 atom stereocenters. The summed E-state index contributed by atoms with van der Waals surface area (Å²) in [6.07, 6.45) is 3.03. The Kier molecular flexibility index (Phi) is 6.78. The molecule has 3 heteroatoms. The molecule has 1 aliphatic rings. The summed E-state index contributed by atoms with van der Waals surface area (Å²) in [5.74, 6) is 0.777. The zero-order valence-electron chi connectivity index (χ0n) is 13.8. The monoisotopic (exact) mass is 270 g/mol. The maximum Gasteiger partial charge on any atom is 0.0596 e. The highest BCUT2D eigenvalue weighted by molar-refractivity contribution is 4.96. The summed E-state index contributed by atoms with van der Waals surface area (Å²) in [5, 5.41) is 3.71. The smallest absolute Gasteiger partial charge is 0.0596 e. The molecule has 0 bridgehead atoms. The molecule has 1 fully saturated rings. The molecule has 19 heavy (non-hydrogen) atoms. The first-order valence-electron chi connectivity index (χ1n) is 7.90. The van der Waals surface area contributed by atoms with Crippen LogP contribution in [0.4, 0.5) is 0 Å². The van der Waals surface area contributed by atoms with Crippen LogP contribution in [0.15, 0.2) is 0 Å². The topological polar surface area (TPSA) is 24.5 Å². The molecule has 114 valence electrons. The van der Waals surface area contributed by atoms with Crippen molar-refractivity contribution >= 4 is 0 Å². The third-order valence-corrected chi connectivity index (χ3v) is 4.37. The van der Waals surface area contributed by atoms with Crippen LogP contribution in [0.5, 0.6) is 0 Å². The molecular formula is C16H34N2O. The second-order valence-corrected chi connectivity index (χ2v) is 7.00. The van der Waals surface area contributed by atoms with Crippen molar-refractivity contribution < 1.29 is 4.74 Å². The fourth-order valence-corrected chi connectivity index (χ4v) is 3.31. The highest BCUT2D eigenvalue weighted by Gasteiger charge is 2.41. The maximum absolute atomic E-state index is 5.63. The van der Waals surface area contributed by atoms with Crippen molar-refractivity contribution in [3.05, 3.63) is 0 Å². The number of rotatable bonds is 8. The molecule has 0 radical (unpaired) electrons. The average Bonchev–Trinajstić information content (AvgIpc) is 2.56. The highest BCUT2D eigenvalue weighted by Crippen LogP contribution is 2.41. The number of nitrogens with zero attached hydrogens (tertiary/aromatic N) is 1. The van der Waals surface area contributed by atoms with E-state index in [0.29, 0.717) is 17.6 Å². The van der Waals surface area contributed by atoms with Crippen LogP contribution in [0.3, 0.4) is 0 Å². The molecule has 0 spiro atoms. The molecule has 0 aromatic carbocycles. The Labute approximate surface area is 120 Å². The van der Waals surface area contributed by atoms with E-state index in [-0.39, 0.29) is 0 Å². The standard InChI is InChI=1S/C16H34N2O/c1-7-17-15-14(8-9-16(15,4)5)12-18(6)10-11-19-13(2)3/h13-15,17H,7-12H2,1-6H3. The molecule has 3 nitrogen and oxygen atoms in total. The first-order valence-corrected chi connectivity index (χ1v) is 7.90. The van der Waals surface area contributed by atoms with E-state index in [1.54, 1.807) is 0 Å². The molecule has 0 amide bonds. The van der Waals surface area contributed by atoms with E-state index >= 15 is 0 Å². The molecule has 0 heterocycles. The minimum absolute atomic E-state index is 0.341. The van der Waals surface area contributed by atoms with E-state index in [0.717, 1.165) is 25.6 Å². The van der Waals surface area contributed by atoms with Gasteiger partial charge in [-0.25, -0.2) is 0 Å². The molecule has 0 aliphatic heterocycles. The number of ether oxygens (including phenoxy) is 1. The van der Waals surface area contributed by atoms with Crippen molar-refractivity contribution in [2.75, 3.05) is 33.3 Å². The lowest BCUT2D eigenvalue weighted by Gasteiger charge is -2.33. The normalized spacial score (nSPS) is 26.5. The Morgan fingerprint density at radius 2 is 2.05 bits per heavy atom. The molecule has 0 saturated heterocycles. The van der Waals surface area contributed by atoms with Crippen LogP contribution in [-0.2, 0) is 4.74 Å². The van der Waals surface area contributed by atoms with Gasteiger partial charge < -0.3 is 15.0 Å². The van der Waals surface area contributed by atoms with Crippen molar-refractivity contribution in [1.82, 2.24) is 10.2 Å². The SMILES string of the molecule is CCNC1C(CN(C)CCOC(C)C)CCC1(C)C. The lowest BCUT2D eigenvalue weighted by molar-refractivity contribution is 0.0598. The summed E-state index contributed by atoms with van der Waals surface area (Å²) in [6.45, 7) is 15.4. The number of hydrogen-bond donors (Lipinski definition) is 1. The van der Waals surface area contributed by atoms with E-state index in [1.807, 2.05) is 0 Å². The second kappa shape index (κ2) is 7.61.